The minimum Gasteiger partial charge on any atom is -0.488 e. The topological polar surface area (TPSA) is 29.5 Å². The van der Waals surface area contributed by atoms with Crippen molar-refractivity contribution in [2.24, 2.45) is 5.92 Å². The van der Waals surface area contributed by atoms with E-state index >= 15 is 0 Å². The minimum absolute atomic E-state index is 0.351. The Balaban J connectivity index is 1.95. The maximum Gasteiger partial charge on any atom is 0.129 e. The van der Waals surface area contributed by atoms with Crippen molar-refractivity contribution < 1.29 is 9.84 Å². The molecule has 0 amide bonds. The Labute approximate surface area is 139 Å². The molecule has 2 heteroatoms. The highest BCUT2D eigenvalue weighted by atomic mass is 16.5. The van der Waals surface area contributed by atoms with Crippen molar-refractivity contribution >= 4 is 0 Å². The van der Waals surface area contributed by atoms with E-state index in [0.29, 0.717) is 18.4 Å². The van der Waals surface area contributed by atoms with Crippen LogP contribution in [0.4, 0.5) is 0 Å². The van der Waals surface area contributed by atoms with Crippen molar-refractivity contribution in [3.63, 3.8) is 0 Å². The summed E-state index contributed by atoms with van der Waals surface area (Å²) in [5, 5.41) is 11.0. The molecular formula is C21H26O2. The highest BCUT2D eigenvalue weighted by Crippen LogP contribution is 2.49. The average molecular weight is 310 g/mol. The van der Waals surface area contributed by atoms with Crippen LogP contribution in [0.25, 0.3) is 0 Å². The zero-order valence-electron chi connectivity index (χ0n) is 14.3. The highest BCUT2D eigenvalue weighted by Gasteiger charge is 2.43. The zero-order chi connectivity index (χ0) is 16.4. The molecule has 3 rings (SSSR count). The van der Waals surface area contributed by atoms with Gasteiger partial charge in [-0.1, -0.05) is 62.4 Å². The summed E-state index contributed by atoms with van der Waals surface area (Å²) < 4.78 is 6.22. The Kier molecular flexibility index (Phi) is 4.45. The number of para-hydroxylation sites is 1. The summed E-state index contributed by atoms with van der Waals surface area (Å²) in [7, 11) is 0. The Hall–Kier alpha value is -1.80. The second-order valence-electron chi connectivity index (χ2n) is 7.07. The molecule has 0 aromatic heterocycles. The van der Waals surface area contributed by atoms with E-state index in [2.05, 4.69) is 32.0 Å². The van der Waals surface area contributed by atoms with Crippen molar-refractivity contribution in [2.75, 3.05) is 0 Å². The first-order valence-corrected chi connectivity index (χ1v) is 8.52. The molecule has 1 N–H and O–H groups in total. The molecule has 1 aliphatic rings. The lowest BCUT2D eigenvalue weighted by Crippen LogP contribution is -2.25. The third kappa shape index (κ3) is 3.42. The maximum atomic E-state index is 11.0. The van der Waals surface area contributed by atoms with Gasteiger partial charge in [-0.15, -0.1) is 0 Å². The second kappa shape index (κ2) is 6.37. The largest absolute Gasteiger partial charge is 0.488 e. The Morgan fingerprint density at radius 3 is 2.39 bits per heavy atom. The molecule has 23 heavy (non-hydrogen) atoms. The molecule has 0 saturated heterocycles. The number of hydrogen-bond donors (Lipinski definition) is 1. The summed E-state index contributed by atoms with van der Waals surface area (Å²) in [5.41, 5.74) is 2.43. The van der Waals surface area contributed by atoms with E-state index in [1.165, 1.54) is 5.56 Å². The quantitative estimate of drug-likeness (QED) is 0.813. The van der Waals surface area contributed by atoms with Crippen molar-refractivity contribution in [1.29, 1.82) is 0 Å². The predicted octanol–water partition coefficient (Wildman–Crippen LogP) is 5.01. The zero-order valence-corrected chi connectivity index (χ0v) is 14.3. The van der Waals surface area contributed by atoms with Crippen LogP contribution in [0.15, 0.2) is 48.5 Å². The predicted molar refractivity (Wildman–Crippen MR) is 93.6 cm³/mol. The van der Waals surface area contributed by atoms with Gasteiger partial charge in [-0.3, -0.25) is 0 Å². The van der Waals surface area contributed by atoms with Crippen LogP contribution in [-0.4, -0.2) is 5.11 Å². The van der Waals surface area contributed by atoms with Crippen molar-refractivity contribution in [3.8, 4) is 5.75 Å². The maximum absolute atomic E-state index is 11.0. The molecule has 122 valence electrons. The summed E-state index contributed by atoms with van der Waals surface area (Å²) >= 11 is 0. The van der Waals surface area contributed by atoms with Crippen molar-refractivity contribution in [2.45, 2.75) is 51.7 Å². The van der Waals surface area contributed by atoms with E-state index < -0.39 is 5.60 Å². The standard InChI is InChI=1S/C21H26O2/c1-15(2)18-10-7-11-19(21(3,22)17-12-13-17)20(18)23-14-16-8-5-4-6-9-16/h4-11,15,17,22H,12-14H2,1-3H3. The van der Waals surface area contributed by atoms with E-state index in [4.69, 9.17) is 4.74 Å². The van der Waals surface area contributed by atoms with Crippen LogP contribution < -0.4 is 4.74 Å². The summed E-state index contributed by atoms with van der Waals surface area (Å²) in [6.45, 7) is 6.79. The fraction of sp³-hybridized carbons (Fsp3) is 0.429. The number of aliphatic hydroxyl groups is 1. The normalized spacial score (nSPS) is 17.1. The van der Waals surface area contributed by atoms with Gasteiger partial charge in [0.1, 0.15) is 12.4 Å². The van der Waals surface area contributed by atoms with Crippen LogP contribution in [0.5, 0.6) is 5.75 Å². The third-order valence-electron chi connectivity index (χ3n) is 4.81. The molecule has 2 aromatic carbocycles. The number of rotatable bonds is 6. The van der Waals surface area contributed by atoms with Crippen LogP contribution in [0.2, 0.25) is 0 Å². The molecular weight excluding hydrogens is 284 g/mol. The van der Waals surface area contributed by atoms with Gasteiger partial charge in [0, 0.05) is 5.56 Å². The molecule has 1 atom stereocenters. The summed E-state index contributed by atoms with van der Waals surface area (Å²) in [6.07, 6.45) is 2.19. The number of ether oxygens (including phenoxy) is 1. The highest BCUT2D eigenvalue weighted by molar-refractivity contribution is 5.47. The monoisotopic (exact) mass is 310 g/mol. The van der Waals surface area contributed by atoms with Gasteiger partial charge in [0.2, 0.25) is 0 Å². The molecule has 0 aliphatic heterocycles. The van der Waals surface area contributed by atoms with Crippen LogP contribution in [0.3, 0.4) is 0 Å². The first-order valence-electron chi connectivity index (χ1n) is 8.52. The molecule has 1 aliphatic carbocycles. The van der Waals surface area contributed by atoms with Gasteiger partial charge in [0.15, 0.2) is 0 Å². The van der Waals surface area contributed by atoms with Gasteiger partial charge in [0.25, 0.3) is 0 Å². The second-order valence-corrected chi connectivity index (χ2v) is 7.07. The van der Waals surface area contributed by atoms with Gasteiger partial charge in [-0.25, -0.2) is 0 Å². The molecule has 1 saturated carbocycles. The smallest absolute Gasteiger partial charge is 0.129 e. The van der Waals surface area contributed by atoms with Crippen LogP contribution >= 0.6 is 0 Å². The number of hydrogen-bond acceptors (Lipinski definition) is 2. The molecule has 0 spiro atoms. The Morgan fingerprint density at radius 2 is 1.78 bits per heavy atom. The Morgan fingerprint density at radius 1 is 1.09 bits per heavy atom. The molecule has 2 aromatic rings. The SMILES string of the molecule is CC(C)c1cccc(C(C)(O)C2CC2)c1OCc1ccccc1. The first kappa shape index (κ1) is 16.1. The van der Waals surface area contributed by atoms with Crippen LogP contribution in [0, 0.1) is 5.92 Å². The fourth-order valence-electron chi connectivity index (χ4n) is 3.16. The Bertz CT molecular complexity index is 655. The van der Waals surface area contributed by atoms with Gasteiger partial charge >= 0.3 is 0 Å². The molecule has 1 fully saturated rings. The summed E-state index contributed by atoms with van der Waals surface area (Å²) in [5.74, 6) is 1.57. The van der Waals surface area contributed by atoms with Crippen LogP contribution in [0.1, 0.15) is 56.2 Å². The molecule has 1 unspecified atom stereocenters. The van der Waals surface area contributed by atoms with E-state index in [1.54, 1.807) is 0 Å². The van der Waals surface area contributed by atoms with Crippen molar-refractivity contribution in [3.05, 3.63) is 65.2 Å². The molecule has 0 bridgehead atoms. The van der Waals surface area contributed by atoms with Gasteiger partial charge in [0.05, 0.1) is 5.60 Å². The minimum atomic E-state index is -0.809. The lowest BCUT2D eigenvalue weighted by molar-refractivity contribution is 0.0296. The summed E-state index contributed by atoms with van der Waals surface area (Å²) in [4.78, 5) is 0. The number of benzene rings is 2. The van der Waals surface area contributed by atoms with Crippen molar-refractivity contribution in [1.82, 2.24) is 0 Å². The van der Waals surface area contributed by atoms with Gasteiger partial charge in [-0.2, -0.15) is 0 Å². The first-order chi connectivity index (χ1) is 11.0. The van der Waals surface area contributed by atoms with Crippen LogP contribution in [-0.2, 0) is 12.2 Å². The fourth-order valence-corrected chi connectivity index (χ4v) is 3.16. The van der Waals surface area contributed by atoms with Gasteiger partial charge < -0.3 is 9.84 Å². The van der Waals surface area contributed by atoms with E-state index in [-0.39, 0.29) is 0 Å². The lowest BCUT2D eigenvalue weighted by atomic mass is 9.87. The lowest BCUT2D eigenvalue weighted by Gasteiger charge is -2.28. The average Bonchev–Trinajstić information content (AvgIpc) is 3.38. The van der Waals surface area contributed by atoms with E-state index in [0.717, 1.165) is 29.7 Å². The van der Waals surface area contributed by atoms with E-state index in [1.807, 2.05) is 37.3 Å². The third-order valence-corrected chi connectivity index (χ3v) is 4.81. The molecule has 2 nitrogen and oxygen atoms in total. The van der Waals surface area contributed by atoms with E-state index in [9.17, 15) is 5.11 Å². The molecule has 0 radical (unpaired) electrons. The van der Waals surface area contributed by atoms with Gasteiger partial charge in [-0.05, 0) is 42.7 Å². The molecule has 0 heterocycles. The summed E-state index contributed by atoms with van der Waals surface area (Å²) in [6, 6.07) is 16.4.